The number of anilines is 1. The van der Waals surface area contributed by atoms with Crippen molar-refractivity contribution in [3.63, 3.8) is 0 Å². The molecular weight excluding hydrogens is 204 g/mol. The van der Waals surface area contributed by atoms with E-state index < -0.39 is 0 Å². The number of nitrogens with two attached hydrogens (primary N) is 1. The third-order valence-corrected chi connectivity index (χ3v) is 3.14. The van der Waals surface area contributed by atoms with Gasteiger partial charge in [0.1, 0.15) is 5.69 Å². The average Bonchev–Trinajstić information content (AvgIpc) is 2.57. The summed E-state index contributed by atoms with van der Waals surface area (Å²) in [6, 6.07) is 1.67. The molecule has 1 saturated carbocycles. The number of aryl methyl sites for hydroxylation is 1. The lowest BCUT2D eigenvalue weighted by Crippen LogP contribution is -2.21. The van der Waals surface area contributed by atoms with Crippen molar-refractivity contribution in [1.82, 2.24) is 4.57 Å². The fraction of sp³-hybridized carbons (Fsp3) is 0.583. The maximum atomic E-state index is 11.8. The SMILES string of the molecule is CCn1cc(N)cc1C(=O)OCC1CCC1. The number of hydrogen-bond acceptors (Lipinski definition) is 3. The van der Waals surface area contributed by atoms with Crippen molar-refractivity contribution in [2.45, 2.75) is 32.7 Å². The first-order chi connectivity index (χ1) is 7.70. The Balaban J connectivity index is 1.96. The zero-order valence-corrected chi connectivity index (χ0v) is 9.61. The number of carbonyl (C=O) groups is 1. The van der Waals surface area contributed by atoms with Crippen LogP contribution in [0.4, 0.5) is 5.69 Å². The Morgan fingerprint density at radius 3 is 2.94 bits per heavy atom. The van der Waals surface area contributed by atoms with Crippen LogP contribution in [0.1, 0.15) is 36.7 Å². The van der Waals surface area contributed by atoms with E-state index >= 15 is 0 Å². The van der Waals surface area contributed by atoms with E-state index in [0.29, 0.717) is 23.9 Å². The zero-order valence-electron chi connectivity index (χ0n) is 9.61. The topological polar surface area (TPSA) is 57.2 Å². The van der Waals surface area contributed by atoms with Crippen molar-refractivity contribution in [3.8, 4) is 0 Å². The van der Waals surface area contributed by atoms with Gasteiger partial charge in [-0.1, -0.05) is 6.42 Å². The van der Waals surface area contributed by atoms with Gasteiger partial charge in [0.15, 0.2) is 0 Å². The summed E-state index contributed by atoms with van der Waals surface area (Å²) in [5.74, 6) is 0.316. The fourth-order valence-corrected chi connectivity index (χ4v) is 1.89. The summed E-state index contributed by atoms with van der Waals surface area (Å²) in [6.07, 6.45) is 5.40. The number of nitrogens with zero attached hydrogens (tertiary/aromatic N) is 1. The minimum Gasteiger partial charge on any atom is -0.461 e. The lowest BCUT2D eigenvalue weighted by molar-refractivity contribution is 0.0359. The molecule has 1 aliphatic carbocycles. The van der Waals surface area contributed by atoms with E-state index in [1.807, 2.05) is 11.5 Å². The van der Waals surface area contributed by atoms with Gasteiger partial charge in [-0.2, -0.15) is 0 Å². The van der Waals surface area contributed by atoms with Gasteiger partial charge in [-0.15, -0.1) is 0 Å². The van der Waals surface area contributed by atoms with Gasteiger partial charge in [0.25, 0.3) is 0 Å². The Morgan fingerprint density at radius 2 is 2.38 bits per heavy atom. The Kier molecular flexibility index (Phi) is 3.17. The molecule has 2 N–H and O–H groups in total. The number of nitrogen functional groups attached to an aromatic ring is 1. The number of carbonyl (C=O) groups excluding carboxylic acids is 1. The summed E-state index contributed by atoms with van der Waals surface area (Å²) >= 11 is 0. The second-order valence-electron chi connectivity index (χ2n) is 4.34. The molecule has 88 valence electrons. The van der Waals surface area contributed by atoms with Gasteiger partial charge in [-0.3, -0.25) is 0 Å². The molecule has 1 fully saturated rings. The quantitative estimate of drug-likeness (QED) is 0.793. The minimum atomic E-state index is -0.259. The number of esters is 1. The summed E-state index contributed by atoms with van der Waals surface area (Å²) in [6.45, 7) is 3.25. The average molecular weight is 222 g/mol. The summed E-state index contributed by atoms with van der Waals surface area (Å²) in [4.78, 5) is 11.8. The predicted octanol–water partition coefficient (Wildman–Crippen LogP) is 2.05. The normalized spacial score (nSPS) is 15.8. The van der Waals surface area contributed by atoms with Crippen LogP contribution in [-0.2, 0) is 11.3 Å². The Bertz CT molecular complexity index is 380. The van der Waals surface area contributed by atoms with Crippen LogP contribution in [0.25, 0.3) is 0 Å². The van der Waals surface area contributed by atoms with Crippen LogP contribution in [0.2, 0.25) is 0 Å². The number of rotatable bonds is 4. The molecule has 4 heteroatoms. The zero-order chi connectivity index (χ0) is 11.5. The molecule has 0 radical (unpaired) electrons. The highest BCUT2D eigenvalue weighted by Gasteiger charge is 2.20. The molecule has 4 nitrogen and oxygen atoms in total. The van der Waals surface area contributed by atoms with E-state index in [-0.39, 0.29) is 5.97 Å². The summed E-state index contributed by atoms with van der Waals surface area (Å²) in [5, 5.41) is 0. The molecule has 1 heterocycles. The third kappa shape index (κ3) is 2.21. The Hall–Kier alpha value is -1.45. The molecule has 0 atom stereocenters. The van der Waals surface area contributed by atoms with Crippen molar-refractivity contribution < 1.29 is 9.53 Å². The summed E-state index contributed by atoms with van der Waals surface area (Å²) < 4.78 is 7.09. The summed E-state index contributed by atoms with van der Waals surface area (Å²) in [5.41, 5.74) is 6.82. The van der Waals surface area contributed by atoms with Crippen LogP contribution in [0, 0.1) is 5.92 Å². The van der Waals surface area contributed by atoms with Crippen molar-refractivity contribution in [3.05, 3.63) is 18.0 Å². The second-order valence-corrected chi connectivity index (χ2v) is 4.34. The molecule has 0 amide bonds. The monoisotopic (exact) mass is 222 g/mol. The fourth-order valence-electron chi connectivity index (χ4n) is 1.89. The molecule has 0 aromatic carbocycles. The molecule has 0 bridgehead atoms. The van der Waals surface area contributed by atoms with Crippen molar-refractivity contribution >= 4 is 11.7 Å². The van der Waals surface area contributed by atoms with Crippen LogP contribution < -0.4 is 5.73 Å². The first-order valence-electron chi connectivity index (χ1n) is 5.83. The van der Waals surface area contributed by atoms with Gasteiger partial charge >= 0.3 is 5.97 Å². The van der Waals surface area contributed by atoms with Gasteiger partial charge in [-0.05, 0) is 31.7 Å². The van der Waals surface area contributed by atoms with Crippen LogP contribution in [0.15, 0.2) is 12.3 Å². The third-order valence-electron chi connectivity index (χ3n) is 3.14. The van der Waals surface area contributed by atoms with E-state index in [0.717, 1.165) is 6.54 Å². The van der Waals surface area contributed by atoms with Gasteiger partial charge in [0.2, 0.25) is 0 Å². The van der Waals surface area contributed by atoms with Crippen molar-refractivity contribution in [2.24, 2.45) is 5.92 Å². The lowest BCUT2D eigenvalue weighted by atomic mass is 9.86. The number of ether oxygens (including phenoxy) is 1. The standard InChI is InChI=1S/C12H18N2O2/c1-2-14-7-10(13)6-11(14)12(15)16-8-9-4-3-5-9/h6-7,9H,2-5,8,13H2,1H3. The minimum absolute atomic E-state index is 0.259. The van der Waals surface area contributed by atoms with E-state index in [9.17, 15) is 4.79 Å². The molecule has 1 aliphatic rings. The first-order valence-corrected chi connectivity index (χ1v) is 5.83. The predicted molar refractivity (Wildman–Crippen MR) is 62.1 cm³/mol. The summed E-state index contributed by atoms with van der Waals surface area (Å²) in [7, 11) is 0. The molecular formula is C12H18N2O2. The van der Waals surface area contributed by atoms with Gasteiger partial charge in [0.05, 0.1) is 12.3 Å². The number of hydrogen-bond donors (Lipinski definition) is 1. The van der Waals surface area contributed by atoms with E-state index in [1.165, 1.54) is 19.3 Å². The number of aromatic nitrogens is 1. The maximum Gasteiger partial charge on any atom is 0.355 e. The second kappa shape index (κ2) is 4.60. The van der Waals surface area contributed by atoms with Gasteiger partial charge in [-0.25, -0.2) is 4.79 Å². The highest BCUT2D eigenvalue weighted by atomic mass is 16.5. The molecule has 0 unspecified atom stereocenters. The van der Waals surface area contributed by atoms with Crippen LogP contribution in [0.5, 0.6) is 0 Å². The molecule has 2 rings (SSSR count). The Morgan fingerprint density at radius 1 is 1.62 bits per heavy atom. The van der Waals surface area contributed by atoms with Crippen LogP contribution >= 0.6 is 0 Å². The molecule has 0 aliphatic heterocycles. The maximum absolute atomic E-state index is 11.8. The first kappa shape index (κ1) is 11.0. The van der Waals surface area contributed by atoms with Gasteiger partial charge < -0.3 is 15.0 Å². The molecule has 16 heavy (non-hydrogen) atoms. The van der Waals surface area contributed by atoms with E-state index in [4.69, 9.17) is 10.5 Å². The van der Waals surface area contributed by atoms with Crippen LogP contribution in [0.3, 0.4) is 0 Å². The molecule has 0 spiro atoms. The largest absolute Gasteiger partial charge is 0.461 e. The van der Waals surface area contributed by atoms with Crippen molar-refractivity contribution in [1.29, 1.82) is 0 Å². The van der Waals surface area contributed by atoms with E-state index in [1.54, 1.807) is 12.3 Å². The smallest absolute Gasteiger partial charge is 0.355 e. The molecule has 1 aromatic rings. The molecule has 1 aromatic heterocycles. The van der Waals surface area contributed by atoms with Crippen molar-refractivity contribution in [2.75, 3.05) is 12.3 Å². The van der Waals surface area contributed by atoms with E-state index in [2.05, 4.69) is 0 Å². The Labute approximate surface area is 95.4 Å². The van der Waals surface area contributed by atoms with Gasteiger partial charge in [0, 0.05) is 12.7 Å². The molecule has 0 saturated heterocycles. The lowest BCUT2D eigenvalue weighted by Gasteiger charge is -2.24. The highest BCUT2D eigenvalue weighted by Crippen LogP contribution is 2.26. The van der Waals surface area contributed by atoms with Crippen LogP contribution in [-0.4, -0.2) is 17.1 Å². The highest BCUT2D eigenvalue weighted by molar-refractivity contribution is 5.89.